The number of carbonyl (C=O) groups is 1. The lowest BCUT2D eigenvalue weighted by molar-refractivity contribution is 0.0605. The van der Waals surface area contributed by atoms with E-state index < -0.39 is 0 Å². The summed E-state index contributed by atoms with van der Waals surface area (Å²) in [5.74, 6) is 1.09. The fourth-order valence-electron chi connectivity index (χ4n) is 4.89. The van der Waals surface area contributed by atoms with Gasteiger partial charge < -0.3 is 9.80 Å². The summed E-state index contributed by atoms with van der Waals surface area (Å²) in [5, 5.41) is 5.43. The van der Waals surface area contributed by atoms with Gasteiger partial charge in [-0.1, -0.05) is 17.7 Å². The van der Waals surface area contributed by atoms with Crippen LogP contribution in [0.4, 0.5) is 5.82 Å². The van der Waals surface area contributed by atoms with Gasteiger partial charge in [-0.15, -0.1) is 0 Å². The first kappa shape index (κ1) is 20.3. The van der Waals surface area contributed by atoms with E-state index in [1.807, 2.05) is 28.5 Å². The lowest BCUT2D eigenvalue weighted by atomic mass is 9.97. The monoisotopic (exact) mass is 437 g/mol. The SMILES string of the molecule is Cc1ccc(Cl)cc1C(=O)N1CCCC[C@H]1c1cc2nc(N3CCCC3)c(C)cn2n1. The highest BCUT2D eigenvalue weighted by Crippen LogP contribution is 2.33. The second-order valence-corrected chi connectivity index (χ2v) is 9.22. The summed E-state index contributed by atoms with van der Waals surface area (Å²) in [4.78, 5) is 22.7. The van der Waals surface area contributed by atoms with Gasteiger partial charge in [0.15, 0.2) is 5.65 Å². The summed E-state index contributed by atoms with van der Waals surface area (Å²) in [5.41, 5.74) is 4.52. The maximum absolute atomic E-state index is 13.5. The zero-order valence-electron chi connectivity index (χ0n) is 18.1. The molecule has 0 unspecified atom stereocenters. The molecule has 31 heavy (non-hydrogen) atoms. The lowest BCUT2D eigenvalue weighted by Crippen LogP contribution is -2.39. The van der Waals surface area contributed by atoms with Crippen LogP contribution >= 0.6 is 11.6 Å². The largest absolute Gasteiger partial charge is 0.356 e. The molecule has 6 nitrogen and oxygen atoms in total. The van der Waals surface area contributed by atoms with Gasteiger partial charge in [0, 0.05) is 48.0 Å². The number of benzene rings is 1. The Morgan fingerprint density at radius 3 is 2.61 bits per heavy atom. The quantitative estimate of drug-likeness (QED) is 0.580. The highest BCUT2D eigenvalue weighted by atomic mass is 35.5. The van der Waals surface area contributed by atoms with Crippen molar-refractivity contribution in [2.24, 2.45) is 0 Å². The number of likely N-dealkylation sites (tertiary alicyclic amines) is 1. The van der Waals surface area contributed by atoms with Crippen molar-refractivity contribution in [2.75, 3.05) is 24.5 Å². The van der Waals surface area contributed by atoms with Gasteiger partial charge in [0.25, 0.3) is 5.91 Å². The fourth-order valence-corrected chi connectivity index (χ4v) is 5.06. The Labute approximate surface area is 187 Å². The zero-order chi connectivity index (χ0) is 21.5. The number of piperidine rings is 1. The van der Waals surface area contributed by atoms with E-state index in [9.17, 15) is 4.79 Å². The molecular formula is C24H28ClN5O. The molecule has 1 atom stereocenters. The Bertz CT molecular complexity index is 1130. The Morgan fingerprint density at radius 2 is 1.81 bits per heavy atom. The number of fused-ring (bicyclic) bond motifs is 1. The molecule has 3 aromatic rings. The number of aryl methyl sites for hydroxylation is 2. The number of anilines is 1. The molecule has 2 fully saturated rings. The van der Waals surface area contributed by atoms with Crippen LogP contribution in [0, 0.1) is 13.8 Å². The molecular weight excluding hydrogens is 410 g/mol. The maximum atomic E-state index is 13.5. The van der Waals surface area contributed by atoms with Crippen LogP contribution < -0.4 is 4.90 Å². The molecule has 1 amide bonds. The third kappa shape index (κ3) is 3.78. The lowest BCUT2D eigenvalue weighted by Gasteiger charge is -2.35. The predicted molar refractivity (Wildman–Crippen MR) is 123 cm³/mol. The molecule has 4 heterocycles. The van der Waals surface area contributed by atoms with Crippen LogP contribution in [0.2, 0.25) is 5.02 Å². The van der Waals surface area contributed by atoms with Crippen molar-refractivity contribution in [3.8, 4) is 0 Å². The molecule has 162 valence electrons. The standard InChI is InChI=1S/C24H28ClN5O/c1-16-8-9-18(25)13-19(16)24(31)29-12-4-3-7-21(29)20-14-22-26-23(28-10-5-6-11-28)17(2)15-30(22)27-20/h8-9,13-15,21H,3-7,10-12H2,1-2H3/t21-/m0/s1. The Morgan fingerprint density at radius 1 is 1.03 bits per heavy atom. The third-order valence-electron chi connectivity index (χ3n) is 6.56. The third-order valence-corrected chi connectivity index (χ3v) is 6.80. The molecule has 0 bridgehead atoms. The fraction of sp³-hybridized carbons (Fsp3) is 0.458. The molecule has 2 aliphatic rings. The molecule has 0 spiro atoms. The molecule has 7 heteroatoms. The van der Waals surface area contributed by atoms with Crippen molar-refractivity contribution >= 4 is 29.0 Å². The highest BCUT2D eigenvalue weighted by Gasteiger charge is 2.31. The van der Waals surface area contributed by atoms with Crippen LogP contribution in [0.5, 0.6) is 0 Å². The van der Waals surface area contributed by atoms with Gasteiger partial charge in [-0.25, -0.2) is 9.50 Å². The number of amides is 1. The molecule has 1 aromatic carbocycles. The van der Waals surface area contributed by atoms with Crippen molar-refractivity contribution in [1.29, 1.82) is 0 Å². The molecule has 2 saturated heterocycles. The number of carbonyl (C=O) groups excluding carboxylic acids is 1. The van der Waals surface area contributed by atoms with Crippen LogP contribution in [0.3, 0.4) is 0 Å². The van der Waals surface area contributed by atoms with Gasteiger partial charge in [-0.3, -0.25) is 4.79 Å². The van der Waals surface area contributed by atoms with Crippen molar-refractivity contribution < 1.29 is 4.79 Å². The van der Waals surface area contributed by atoms with Crippen LogP contribution in [-0.2, 0) is 0 Å². The van der Waals surface area contributed by atoms with Gasteiger partial charge in [0.05, 0.1) is 11.7 Å². The second-order valence-electron chi connectivity index (χ2n) is 8.78. The van der Waals surface area contributed by atoms with E-state index in [1.54, 1.807) is 6.07 Å². The molecule has 0 radical (unpaired) electrons. The molecule has 5 rings (SSSR count). The zero-order valence-corrected chi connectivity index (χ0v) is 18.9. The van der Waals surface area contributed by atoms with Crippen molar-refractivity contribution in [3.05, 3.63) is 57.9 Å². The summed E-state index contributed by atoms with van der Waals surface area (Å²) in [6.07, 6.45) is 7.51. The number of aromatic nitrogens is 3. The van der Waals surface area contributed by atoms with E-state index in [-0.39, 0.29) is 11.9 Å². The van der Waals surface area contributed by atoms with Crippen molar-refractivity contribution in [2.45, 2.75) is 52.0 Å². The average Bonchev–Trinajstić information content (AvgIpc) is 3.44. The van der Waals surface area contributed by atoms with Crippen LogP contribution in [-0.4, -0.2) is 45.0 Å². The minimum absolute atomic E-state index is 0.0312. The van der Waals surface area contributed by atoms with Gasteiger partial charge in [-0.05, 0) is 63.6 Å². The number of halogens is 1. The van der Waals surface area contributed by atoms with E-state index in [1.165, 1.54) is 12.8 Å². The molecule has 2 aromatic heterocycles. The number of rotatable bonds is 3. The number of nitrogens with zero attached hydrogens (tertiary/aromatic N) is 5. The maximum Gasteiger partial charge on any atom is 0.254 e. The van der Waals surface area contributed by atoms with E-state index >= 15 is 0 Å². The first-order valence-electron chi connectivity index (χ1n) is 11.2. The second kappa shape index (κ2) is 8.15. The average molecular weight is 438 g/mol. The Hall–Kier alpha value is -2.60. The van der Waals surface area contributed by atoms with Crippen molar-refractivity contribution in [3.63, 3.8) is 0 Å². The summed E-state index contributed by atoms with van der Waals surface area (Å²) >= 11 is 6.19. The van der Waals surface area contributed by atoms with Gasteiger partial charge in [-0.2, -0.15) is 5.10 Å². The molecule has 0 aliphatic carbocycles. The summed E-state index contributed by atoms with van der Waals surface area (Å²) in [7, 11) is 0. The molecule has 0 N–H and O–H groups in total. The first-order valence-corrected chi connectivity index (χ1v) is 11.6. The Kier molecular flexibility index (Phi) is 5.34. The van der Waals surface area contributed by atoms with Gasteiger partial charge in [0.2, 0.25) is 0 Å². The predicted octanol–water partition coefficient (Wildman–Crippen LogP) is 4.97. The summed E-state index contributed by atoms with van der Waals surface area (Å²) in [6, 6.07) is 7.53. The molecule has 0 saturated carbocycles. The summed E-state index contributed by atoms with van der Waals surface area (Å²) in [6.45, 7) is 6.92. The normalized spacial score (nSPS) is 19.4. The topological polar surface area (TPSA) is 53.7 Å². The van der Waals surface area contributed by atoms with Crippen LogP contribution in [0.1, 0.15) is 65.3 Å². The minimum atomic E-state index is -0.0446. The number of hydrogen-bond acceptors (Lipinski definition) is 4. The number of hydrogen-bond donors (Lipinski definition) is 0. The Balaban J connectivity index is 1.49. The highest BCUT2D eigenvalue weighted by molar-refractivity contribution is 6.31. The smallest absolute Gasteiger partial charge is 0.254 e. The van der Waals surface area contributed by atoms with Crippen LogP contribution in [0.25, 0.3) is 5.65 Å². The minimum Gasteiger partial charge on any atom is -0.356 e. The van der Waals surface area contributed by atoms with E-state index in [4.69, 9.17) is 21.7 Å². The van der Waals surface area contributed by atoms with Gasteiger partial charge in [0.1, 0.15) is 5.82 Å². The van der Waals surface area contributed by atoms with Gasteiger partial charge >= 0.3 is 0 Å². The first-order chi connectivity index (χ1) is 15.0. The van der Waals surface area contributed by atoms with E-state index in [2.05, 4.69) is 24.1 Å². The van der Waals surface area contributed by atoms with E-state index in [0.717, 1.165) is 67.2 Å². The van der Waals surface area contributed by atoms with Crippen LogP contribution in [0.15, 0.2) is 30.5 Å². The molecule has 2 aliphatic heterocycles. The summed E-state index contributed by atoms with van der Waals surface area (Å²) < 4.78 is 1.87. The van der Waals surface area contributed by atoms with E-state index in [0.29, 0.717) is 10.6 Å². The van der Waals surface area contributed by atoms with Crippen molar-refractivity contribution in [1.82, 2.24) is 19.5 Å².